The molecule has 0 radical (unpaired) electrons. The zero-order valence-electron chi connectivity index (χ0n) is 18.1. The zero-order valence-corrected chi connectivity index (χ0v) is 18.1. The van der Waals surface area contributed by atoms with Gasteiger partial charge in [-0.05, 0) is 49.6 Å². The van der Waals surface area contributed by atoms with E-state index in [4.69, 9.17) is 13.9 Å². The third kappa shape index (κ3) is 3.95. The summed E-state index contributed by atoms with van der Waals surface area (Å²) in [6.07, 6.45) is 1.59. The lowest BCUT2D eigenvalue weighted by Crippen LogP contribution is -2.31. The van der Waals surface area contributed by atoms with Crippen LogP contribution < -0.4 is 10.2 Å². The maximum Gasteiger partial charge on any atom is 0.290 e. The van der Waals surface area contributed by atoms with Crippen molar-refractivity contribution in [1.29, 1.82) is 0 Å². The Labute approximate surface area is 181 Å². The molecule has 4 rings (SSSR count). The van der Waals surface area contributed by atoms with Gasteiger partial charge in [0.25, 0.3) is 5.91 Å². The normalized spacial score (nSPS) is 15.5. The second-order valence-electron chi connectivity index (χ2n) is 7.84. The molecule has 6 nitrogen and oxygen atoms in total. The van der Waals surface area contributed by atoms with E-state index in [1.54, 1.807) is 18.1 Å². The lowest BCUT2D eigenvalue weighted by molar-refractivity contribution is 0.0708. The van der Waals surface area contributed by atoms with Crippen molar-refractivity contribution in [3.63, 3.8) is 0 Å². The maximum absolute atomic E-state index is 13.5. The van der Waals surface area contributed by atoms with Crippen LogP contribution in [-0.2, 0) is 4.74 Å². The summed E-state index contributed by atoms with van der Waals surface area (Å²) in [4.78, 5) is 28.5. The first kappa shape index (κ1) is 21.1. The van der Waals surface area contributed by atoms with Crippen molar-refractivity contribution >= 4 is 16.9 Å². The first-order valence-corrected chi connectivity index (χ1v) is 10.6. The highest BCUT2D eigenvalue weighted by Crippen LogP contribution is 2.38. The highest BCUT2D eigenvalue weighted by Gasteiger charge is 2.42. The Hall–Kier alpha value is -3.12. The average molecular weight is 421 g/mol. The number of rotatable bonds is 8. The Kier molecular flexibility index (Phi) is 6.09. The molecule has 0 bridgehead atoms. The molecule has 1 aliphatic heterocycles. The third-order valence-corrected chi connectivity index (χ3v) is 5.54. The van der Waals surface area contributed by atoms with Crippen LogP contribution in [0.25, 0.3) is 11.0 Å². The number of fused-ring (bicyclic) bond motifs is 2. The predicted molar refractivity (Wildman–Crippen MR) is 119 cm³/mol. The molecular weight excluding hydrogens is 394 g/mol. The molecule has 0 fully saturated rings. The van der Waals surface area contributed by atoms with Crippen molar-refractivity contribution in [3.05, 3.63) is 75.1 Å². The molecule has 0 saturated heterocycles. The average Bonchev–Trinajstić information content (AvgIpc) is 3.05. The van der Waals surface area contributed by atoms with Crippen LogP contribution in [0.5, 0.6) is 5.75 Å². The number of ether oxygens (including phenoxy) is 2. The van der Waals surface area contributed by atoms with Gasteiger partial charge in [0.2, 0.25) is 5.76 Å². The number of hydrogen-bond donors (Lipinski definition) is 0. The van der Waals surface area contributed by atoms with Gasteiger partial charge in [-0.15, -0.1) is 0 Å². The van der Waals surface area contributed by atoms with Crippen LogP contribution in [0.15, 0.2) is 51.7 Å². The summed E-state index contributed by atoms with van der Waals surface area (Å²) < 4.78 is 16.8. The van der Waals surface area contributed by atoms with Crippen LogP contribution in [0, 0.1) is 6.92 Å². The first-order chi connectivity index (χ1) is 15.0. The van der Waals surface area contributed by atoms with Crippen molar-refractivity contribution < 1.29 is 18.7 Å². The van der Waals surface area contributed by atoms with Crippen LogP contribution in [-0.4, -0.2) is 37.7 Å². The Balaban J connectivity index is 1.82. The van der Waals surface area contributed by atoms with Crippen molar-refractivity contribution in [2.24, 2.45) is 0 Å². The smallest absolute Gasteiger partial charge is 0.290 e. The van der Waals surface area contributed by atoms with Crippen LogP contribution in [0.1, 0.15) is 53.1 Å². The van der Waals surface area contributed by atoms with E-state index in [0.717, 1.165) is 23.3 Å². The quantitative estimate of drug-likeness (QED) is 0.502. The largest absolute Gasteiger partial charge is 0.494 e. The van der Waals surface area contributed by atoms with Crippen molar-refractivity contribution in [3.8, 4) is 5.75 Å². The van der Waals surface area contributed by atoms with E-state index in [1.165, 1.54) is 0 Å². The molecule has 2 aromatic carbocycles. The SMILES string of the molecule is CCCOc1ccc(C2c3c(oc4ccc(C)cc4c3=O)C(=O)N2CCCOC)cc1. The molecule has 2 heterocycles. The molecule has 1 amide bonds. The zero-order chi connectivity index (χ0) is 22.0. The van der Waals surface area contributed by atoms with E-state index in [0.29, 0.717) is 42.7 Å². The van der Waals surface area contributed by atoms with Crippen LogP contribution in [0.4, 0.5) is 0 Å². The molecule has 1 aromatic heterocycles. The number of carbonyl (C=O) groups is 1. The summed E-state index contributed by atoms with van der Waals surface area (Å²) in [7, 11) is 1.63. The summed E-state index contributed by atoms with van der Waals surface area (Å²) >= 11 is 0. The topological polar surface area (TPSA) is 69.0 Å². The third-order valence-electron chi connectivity index (χ3n) is 5.54. The van der Waals surface area contributed by atoms with Crippen LogP contribution >= 0.6 is 0 Å². The molecule has 0 aliphatic carbocycles. The molecule has 6 heteroatoms. The van der Waals surface area contributed by atoms with Crippen LogP contribution in [0.2, 0.25) is 0 Å². The Morgan fingerprint density at radius 1 is 1.06 bits per heavy atom. The van der Waals surface area contributed by atoms with Gasteiger partial charge in [0, 0.05) is 20.3 Å². The van der Waals surface area contributed by atoms with Gasteiger partial charge in [-0.1, -0.05) is 30.7 Å². The minimum atomic E-state index is -0.499. The maximum atomic E-state index is 13.5. The molecule has 0 N–H and O–H groups in total. The van der Waals surface area contributed by atoms with Crippen LogP contribution in [0.3, 0.4) is 0 Å². The fourth-order valence-electron chi connectivity index (χ4n) is 4.06. The van der Waals surface area contributed by atoms with Gasteiger partial charge in [0.05, 0.1) is 23.6 Å². The first-order valence-electron chi connectivity index (χ1n) is 10.6. The molecule has 0 spiro atoms. The van der Waals surface area contributed by atoms with Crippen molar-refractivity contribution in [2.75, 3.05) is 26.9 Å². The summed E-state index contributed by atoms with van der Waals surface area (Å²) in [5.74, 6) is 0.638. The molecule has 1 atom stereocenters. The number of nitrogens with zero attached hydrogens (tertiary/aromatic N) is 1. The van der Waals surface area contributed by atoms with E-state index in [-0.39, 0.29) is 17.1 Å². The minimum absolute atomic E-state index is 0.134. The molecule has 0 saturated carbocycles. The highest BCUT2D eigenvalue weighted by atomic mass is 16.5. The fraction of sp³-hybridized carbons (Fsp3) is 0.360. The van der Waals surface area contributed by atoms with Gasteiger partial charge in [-0.25, -0.2) is 0 Å². The van der Waals surface area contributed by atoms with E-state index in [2.05, 4.69) is 6.92 Å². The monoisotopic (exact) mass is 421 g/mol. The summed E-state index contributed by atoms with van der Waals surface area (Å²) in [5.41, 5.74) is 2.51. The summed E-state index contributed by atoms with van der Waals surface area (Å²) in [6, 6.07) is 12.5. The molecule has 31 heavy (non-hydrogen) atoms. The van der Waals surface area contributed by atoms with E-state index < -0.39 is 6.04 Å². The van der Waals surface area contributed by atoms with Crippen molar-refractivity contribution in [2.45, 2.75) is 32.7 Å². The summed E-state index contributed by atoms with van der Waals surface area (Å²) in [6.45, 7) is 5.62. The van der Waals surface area contributed by atoms with Gasteiger partial charge in [-0.2, -0.15) is 0 Å². The fourth-order valence-corrected chi connectivity index (χ4v) is 4.06. The van der Waals surface area contributed by atoms with Gasteiger partial charge < -0.3 is 18.8 Å². The second kappa shape index (κ2) is 8.94. The second-order valence-corrected chi connectivity index (χ2v) is 7.84. The van der Waals surface area contributed by atoms with Crippen molar-refractivity contribution in [1.82, 2.24) is 4.90 Å². The number of benzene rings is 2. The Morgan fingerprint density at radius 3 is 2.55 bits per heavy atom. The van der Waals surface area contributed by atoms with E-state index in [9.17, 15) is 9.59 Å². The molecule has 3 aromatic rings. The lowest BCUT2D eigenvalue weighted by atomic mass is 9.98. The number of amides is 1. The summed E-state index contributed by atoms with van der Waals surface area (Å²) in [5, 5.41) is 0.498. The number of aryl methyl sites for hydroxylation is 1. The van der Waals surface area contributed by atoms with E-state index >= 15 is 0 Å². The van der Waals surface area contributed by atoms with Gasteiger partial charge in [-0.3, -0.25) is 9.59 Å². The number of hydrogen-bond acceptors (Lipinski definition) is 5. The Bertz CT molecular complexity index is 1150. The van der Waals surface area contributed by atoms with Gasteiger partial charge >= 0.3 is 0 Å². The standard InChI is InChI=1S/C25H27NO5/c1-4-13-30-18-9-7-17(8-10-18)22-21-23(27)19-15-16(2)6-11-20(19)31-24(21)25(28)26(22)12-5-14-29-3/h6-11,15,22H,4-5,12-14H2,1-3H3. The lowest BCUT2D eigenvalue weighted by Gasteiger charge is -2.25. The highest BCUT2D eigenvalue weighted by molar-refractivity contribution is 5.99. The number of carbonyl (C=O) groups excluding carboxylic acids is 1. The molecule has 1 unspecified atom stereocenters. The van der Waals surface area contributed by atoms with E-state index in [1.807, 2.05) is 43.3 Å². The minimum Gasteiger partial charge on any atom is -0.494 e. The van der Waals surface area contributed by atoms with Gasteiger partial charge in [0.1, 0.15) is 11.3 Å². The molecular formula is C25H27NO5. The van der Waals surface area contributed by atoms with Gasteiger partial charge in [0.15, 0.2) is 5.43 Å². The molecule has 162 valence electrons. The Morgan fingerprint density at radius 2 is 1.84 bits per heavy atom. The molecule has 1 aliphatic rings. The number of methoxy groups -OCH3 is 1. The predicted octanol–water partition coefficient (Wildman–Crippen LogP) is 4.47.